The molecule has 1 aliphatic rings. The highest BCUT2D eigenvalue weighted by atomic mass is 16.1. The molecule has 0 spiro atoms. The maximum atomic E-state index is 12.4. The molecule has 1 saturated heterocycles. The maximum absolute atomic E-state index is 12.4. The first-order chi connectivity index (χ1) is 9.66. The van der Waals surface area contributed by atoms with Crippen LogP contribution in [0.5, 0.6) is 0 Å². The highest BCUT2D eigenvalue weighted by Crippen LogP contribution is 2.22. The molecule has 1 aromatic carbocycles. The van der Waals surface area contributed by atoms with Crippen molar-refractivity contribution in [2.45, 2.75) is 39.2 Å². The van der Waals surface area contributed by atoms with Gasteiger partial charge in [0.25, 0.3) is 0 Å². The first kappa shape index (κ1) is 15.0. The van der Waals surface area contributed by atoms with Crippen LogP contribution in [-0.4, -0.2) is 19.0 Å². The van der Waals surface area contributed by atoms with Gasteiger partial charge in [0.1, 0.15) is 0 Å². The molecule has 1 heterocycles. The Hall–Kier alpha value is -1.35. The van der Waals surface area contributed by atoms with Crippen molar-refractivity contribution in [3.05, 3.63) is 35.9 Å². The normalized spacial score (nSPS) is 17.9. The predicted octanol–water partition coefficient (Wildman–Crippen LogP) is 2.89. The summed E-state index contributed by atoms with van der Waals surface area (Å²) in [5, 5.41) is 6.57. The highest BCUT2D eigenvalue weighted by Gasteiger charge is 2.24. The Balaban J connectivity index is 2.01. The summed E-state index contributed by atoms with van der Waals surface area (Å²) >= 11 is 0. The van der Waals surface area contributed by atoms with Gasteiger partial charge in [-0.1, -0.05) is 44.2 Å². The first-order valence-corrected chi connectivity index (χ1v) is 7.73. The van der Waals surface area contributed by atoms with Gasteiger partial charge in [-0.2, -0.15) is 0 Å². The third-order valence-electron chi connectivity index (χ3n) is 3.94. The second-order valence-corrected chi connectivity index (χ2v) is 6.13. The lowest BCUT2D eigenvalue weighted by Gasteiger charge is -2.26. The third-order valence-corrected chi connectivity index (χ3v) is 3.94. The third kappa shape index (κ3) is 4.34. The SMILES string of the molecule is CC(C)CC(NC(=O)C1CCNCC1)c1ccccc1. The fourth-order valence-electron chi connectivity index (χ4n) is 2.81. The molecular formula is C17H26N2O. The Labute approximate surface area is 122 Å². The van der Waals surface area contributed by atoms with Gasteiger partial charge in [0, 0.05) is 5.92 Å². The van der Waals surface area contributed by atoms with Gasteiger partial charge in [0.2, 0.25) is 5.91 Å². The smallest absolute Gasteiger partial charge is 0.223 e. The largest absolute Gasteiger partial charge is 0.349 e. The van der Waals surface area contributed by atoms with Crippen molar-refractivity contribution in [2.24, 2.45) is 11.8 Å². The van der Waals surface area contributed by atoms with Crippen LogP contribution in [0.1, 0.15) is 44.7 Å². The Morgan fingerprint density at radius 2 is 1.90 bits per heavy atom. The van der Waals surface area contributed by atoms with Crippen molar-refractivity contribution in [3.63, 3.8) is 0 Å². The molecule has 110 valence electrons. The quantitative estimate of drug-likeness (QED) is 0.867. The van der Waals surface area contributed by atoms with Crippen LogP contribution in [0.4, 0.5) is 0 Å². The molecule has 20 heavy (non-hydrogen) atoms. The van der Waals surface area contributed by atoms with Gasteiger partial charge in [-0.05, 0) is 43.8 Å². The summed E-state index contributed by atoms with van der Waals surface area (Å²) in [4.78, 5) is 12.4. The van der Waals surface area contributed by atoms with Crippen molar-refractivity contribution in [3.8, 4) is 0 Å². The van der Waals surface area contributed by atoms with Crippen LogP contribution in [-0.2, 0) is 4.79 Å². The van der Waals surface area contributed by atoms with Crippen LogP contribution in [0.2, 0.25) is 0 Å². The number of hydrogen-bond donors (Lipinski definition) is 2. The summed E-state index contributed by atoms with van der Waals surface area (Å²) < 4.78 is 0. The van der Waals surface area contributed by atoms with E-state index in [0.717, 1.165) is 32.4 Å². The Kier molecular flexibility index (Phi) is 5.60. The number of benzene rings is 1. The maximum Gasteiger partial charge on any atom is 0.223 e. The topological polar surface area (TPSA) is 41.1 Å². The number of carbonyl (C=O) groups is 1. The fraction of sp³-hybridized carbons (Fsp3) is 0.588. The first-order valence-electron chi connectivity index (χ1n) is 7.73. The number of piperidine rings is 1. The molecule has 0 aliphatic carbocycles. The van der Waals surface area contributed by atoms with Gasteiger partial charge < -0.3 is 10.6 Å². The molecular weight excluding hydrogens is 248 g/mol. The monoisotopic (exact) mass is 274 g/mol. The summed E-state index contributed by atoms with van der Waals surface area (Å²) in [5.74, 6) is 0.962. The molecule has 1 aromatic rings. The lowest BCUT2D eigenvalue weighted by molar-refractivity contribution is -0.126. The molecule has 0 aromatic heterocycles. The van der Waals surface area contributed by atoms with Gasteiger partial charge in [0.15, 0.2) is 0 Å². The standard InChI is InChI=1S/C17H26N2O/c1-13(2)12-16(14-6-4-3-5-7-14)19-17(20)15-8-10-18-11-9-15/h3-7,13,15-16,18H,8-12H2,1-2H3,(H,19,20). The average molecular weight is 274 g/mol. The minimum atomic E-state index is 0.138. The second-order valence-electron chi connectivity index (χ2n) is 6.13. The summed E-state index contributed by atoms with van der Waals surface area (Å²) in [7, 11) is 0. The van der Waals surface area contributed by atoms with Crippen LogP contribution in [0.3, 0.4) is 0 Å². The van der Waals surface area contributed by atoms with Crippen LogP contribution < -0.4 is 10.6 Å². The van der Waals surface area contributed by atoms with Gasteiger partial charge in [-0.15, -0.1) is 0 Å². The van der Waals surface area contributed by atoms with Crippen molar-refractivity contribution >= 4 is 5.91 Å². The van der Waals surface area contributed by atoms with Crippen molar-refractivity contribution in [1.82, 2.24) is 10.6 Å². The van der Waals surface area contributed by atoms with E-state index >= 15 is 0 Å². The molecule has 3 nitrogen and oxygen atoms in total. The van der Waals surface area contributed by atoms with Gasteiger partial charge in [-0.3, -0.25) is 4.79 Å². The van der Waals surface area contributed by atoms with E-state index in [1.807, 2.05) is 18.2 Å². The van der Waals surface area contributed by atoms with Crippen molar-refractivity contribution in [2.75, 3.05) is 13.1 Å². The van der Waals surface area contributed by atoms with E-state index in [0.29, 0.717) is 5.92 Å². The predicted molar refractivity (Wildman–Crippen MR) is 82.4 cm³/mol. The molecule has 1 aliphatic heterocycles. The summed E-state index contributed by atoms with van der Waals surface area (Å²) in [5.41, 5.74) is 1.21. The van der Waals surface area contributed by atoms with Crippen LogP contribution in [0.15, 0.2) is 30.3 Å². The molecule has 1 fully saturated rings. The van der Waals surface area contributed by atoms with Gasteiger partial charge in [-0.25, -0.2) is 0 Å². The van der Waals surface area contributed by atoms with Gasteiger partial charge in [0.05, 0.1) is 6.04 Å². The molecule has 1 atom stereocenters. The van der Waals surface area contributed by atoms with Crippen LogP contribution >= 0.6 is 0 Å². The Bertz CT molecular complexity index is 410. The Morgan fingerprint density at radius 3 is 2.50 bits per heavy atom. The lowest BCUT2D eigenvalue weighted by atomic mass is 9.93. The molecule has 1 amide bonds. The molecule has 0 radical (unpaired) electrons. The number of carbonyl (C=O) groups excluding carboxylic acids is 1. The van der Waals surface area contributed by atoms with Crippen LogP contribution in [0.25, 0.3) is 0 Å². The molecule has 3 heteroatoms. The fourth-order valence-corrected chi connectivity index (χ4v) is 2.81. The summed E-state index contributed by atoms with van der Waals surface area (Å²) in [6, 6.07) is 10.5. The zero-order valence-electron chi connectivity index (χ0n) is 12.6. The van der Waals surface area contributed by atoms with E-state index in [-0.39, 0.29) is 17.9 Å². The minimum Gasteiger partial charge on any atom is -0.349 e. The summed E-state index contributed by atoms with van der Waals surface area (Å²) in [6.45, 7) is 6.32. The van der Waals surface area contributed by atoms with Gasteiger partial charge >= 0.3 is 0 Å². The number of amides is 1. The average Bonchev–Trinajstić information content (AvgIpc) is 2.48. The van der Waals surface area contributed by atoms with Crippen LogP contribution in [0, 0.1) is 11.8 Å². The minimum absolute atomic E-state index is 0.138. The van der Waals surface area contributed by atoms with Crippen molar-refractivity contribution < 1.29 is 4.79 Å². The van der Waals surface area contributed by atoms with E-state index in [4.69, 9.17) is 0 Å². The number of nitrogens with one attached hydrogen (secondary N) is 2. The zero-order valence-corrected chi connectivity index (χ0v) is 12.6. The van der Waals surface area contributed by atoms with E-state index < -0.39 is 0 Å². The lowest BCUT2D eigenvalue weighted by Crippen LogP contribution is -2.40. The molecule has 2 rings (SSSR count). The molecule has 0 bridgehead atoms. The number of hydrogen-bond acceptors (Lipinski definition) is 2. The zero-order chi connectivity index (χ0) is 14.4. The Morgan fingerprint density at radius 1 is 1.25 bits per heavy atom. The molecule has 2 N–H and O–H groups in total. The number of rotatable bonds is 5. The highest BCUT2D eigenvalue weighted by molar-refractivity contribution is 5.79. The van der Waals surface area contributed by atoms with Crippen molar-refractivity contribution in [1.29, 1.82) is 0 Å². The van der Waals surface area contributed by atoms with E-state index in [1.54, 1.807) is 0 Å². The summed E-state index contributed by atoms with van der Waals surface area (Å²) in [6.07, 6.45) is 2.89. The molecule has 0 saturated carbocycles. The second kappa shape index (κ2) is 7.44. The van der Waals surface area contributed by atoms with E-state index in [9.17, 15) is 4.79 Å². The molecule has 1 unspecified atom stereocenters. The van der Waals surface area contributed by atoms with E-state index in [1.165, 1.54) is 5.56 Å². The van der Waals surface area contributed by atoms with E-state index in [2.05, 4.69) is 36.6 Å².